The van der Waals surface area contributed by atoms with Crippen molar-refractivity contribution < 1.29 is 23.9 Å². The highest BCUT2D eigenvalue weighted by molar-refractivity contribution is 5.98. The molecule has 0 saturated heterocycles. The molecule has 0 saturated carbocycles. The lowest BCUT2D eigenvalue weighted by Crippen LogP contribution is -2.42. The van der Waals surface area contributed by atoms with Crippen molar-refractivity contribution >= 4 is 23.5 Å². The molecule has 2 aromatic carbocycles. The second-order valence-electron chi connectivity index (χ2n) is 6.33. The Morgan fingerprint density at radius 2 is 1.68 bits per heavy atom. The average molecular weight is 384 g/mol. The van der Waals surface area contributed by atoms with Crippen LogP contribution >= 0.6 is 0 Å². The van der Waals surface area contributed by atoms with Crippen molar-refractivity contribution in [2.45, 2.75) is 32.9 Å². The Labute approximate surface area is 164 Å². The SMILES string of the molecule is COc1ccc(C)cc1NC(=O)[C@H](C)OC(=O)[C@H](C)NC(=O)c1ccccc1. The summed E-state index contributed by atoms with van der Waals surface area (Å²) < 4.78 is 10.4. The van der Waals surface area contributed by atoms with Crippen molar-refractivity contribution in [3.05, 3.63) is 59.7 Å². The number of anilines is 1. The number of rotatable bonds is 7. The minimum Gasteiger partial charge on any atom is -0.495 e. The van der Waals surface area contributed by atoms with E-state index in [1.165, 1.54) is 21.0 Å². The minimum atomic E-state index is -1.05. The Hall–Kier alpha value is -3.35. The molecular formula is C21H24N2O5. The standard InChI is InChI=1S/C21H24N2O5/c1-13-10-11-18(27-4)17(12-13)23-19(24)15(3)28-21(26)14(2)22-20(25)16-8-6-5-7-9-16/h5-12,14-15H,1-4H3,(H,22,25)(H,23,24)/t14-,15-/m0/s1. The summed E-state index contributed by atoms with van der Waals surface area (Å²) in [6, 6.07) is 13.0. The number of benzene rings is 2. The van der Waals surface area contributed by atoms with Crippen LogP contribution in [-0.2, 0) is 14.3 Å². The van der Waals surface area contributed by atoms with Crippen LogP contribution < -0.4 is 15.4 Å². The maximum Gasteiger partial charge on any atom is 0.329 e. The van der Waals surface area contributed by atoms with Gasteiger partial charge in [-0.2, -0.15) is 0 Å². The number of esters is 1. The van der Waals surface area contributed by atoms with E-state index >= 15 is 0 Å². The summed E-state index contributed by atoms with van der Waals surface area (Å²) in [5.74, 6) is -1.10. The van der Waals surface area contributed by atoms with Crippen LogP contribution in [-0.4, -0.2) is 37.0 Å². The fourth-order valence-electron chi connectivity index (χ4n) is 2.41. The van der Waals surface area contributed by atoms with Gasteiger partial charge < -0.3 is 20.1 Å². The number of carbonyl (C=O) groups is 3. The number of nitrogens with one attached hydrogen (secondary N) is 2. The van der Waals surface area contributed by atoms with Crippen LogP contribution in [0.15, 0.2) is 48.5 Å². The Balaban J connectivity index is 1.93. The Morgan fingerprint density at radius 3 is 2.32 bits per heavy atom. The van der Waals surface area contributed by atoms with E-state index in [-0.39, 0.29) is 0 Å². The van der Waals surface area contributed by atoms with Gasteiger partial charge in [-0.15, -0.1) is 0 Å². The van der Waals surface area contributed by atoms with E-state index < -0.39 is 29.9 Å². The van der Waals surface area contributed by atoms with Gasteiger partial charge in [-0.25, -0.2) is 4.79 Å². The van der Waals surface area contributed by atoms with Gasteiger partial charge >= 0.3 is 5.97 Å². The van der Waals surface area contributed by atoms with Crippen LogP contribution in [0.4, 0.5) is 5.69 Å². The smallest absolute Gasteiger partial charge is 0.329 e. The fraction of sp³-hybridized carbons (Fsp3) is 0.286. The van der Waals surface area contributed by atoms with Crippen molar-refractivity contribution in [1.82, 2.24) is 5.32 Å². The molecule has 28 heavy (non-hydrogen) atoms. The van der Waals surface area contributed by atoms with Gasteiger partial charge in [0.2, 0.25) is 0 Å². The number of hydrogen-bond donors (Lipinski definition) is 2. The summed E-state index contributed by atoms with van der Waals surface area (Å²) in [5.41, 5.74) is 1.86. The molecule has 148 valence electrons. The highest BCUT2D eigenvalue weighted by atomic mass is 16.5. The van der Waals surface area contributed by atoms with E-state index in [0.717, 1.165) is 5.56 Å². The molecule has 0 aromatic heterocycles. The van der Waals surface area contributed by atoms with Gasteiger partial charge in [-0.05, 0) is 50.6 Å². The molecular weight excluding hydrogens is 360 g/mol. The number of hydrogen-bond acceptors (Lipinski definition) is 5. The van der Waals surface area contributed by atoms with Crippen molar-refractivity contribution in [3.63, 3.8) is 0 Å². The average Bonchev–Trinajstić information content (AvgIpc) is 2.68. The molecule has 0 radical (unpaired) electrons. The van der Waals surface area contributed by atoms with Crippen molar-refractivity contribution in [1.29, 1.82) is 0 Å². The van der Waals surface area contributed by atoms with E-state index in [2.05, 4.69) is 10.6 Å². The summed E-state index contributed by atoms with van der Waals surface area (Å²) in [7, 11) is 1.50. The molecule has 2 rings (SSSR count). The molecule has 2 N–H and O–H groups in total. The maximum atomic E-state index is 12.4. The zero-order valence-corrected chi connectivity index (χ0v) is 16.3. The third-order valence-electron chi connectivity index (χ3n) is 4.01. The quantitative estimate of drug-likeness (QED) is 0.716. The summed E-state index contributed by atoms with van der Waals surface area (Å²) in [4.78, 5) is 36.7. The van der Waals surface area contributed by atoms with E-state index in [0.29, 0.717) is 17.0 Å². The molecule has 0 fully saturated rings. The first-order valence-electron chi connectivity index (χ1n) is 8.83. The lowest BCUT2D eigenvalue weighted by atomic mass is 10.2. The molecule has 0 unspecified atom stereocenters. The number of methoxy groups -OCH3 is 1. The van der Waals surface area contributed by atoms with Crippen molar-refractivity contribution in [3.8, 4) is 5.75 Å². The van der Waals surface area contributed by atoms with Gasteiger partial charge in [-0.3, -0.25) is 9.59 Å². The van der Waals surface area contributed by atoms with Gasteiger partial charge in [0.05, 0.1) is 12.8 Å². The van der Waals surface area contributed by atoms with Gasteiger partial charge in [0, 0.05) is 5.56 Å². The van der Waals surface area contributed by atoms with E-state index in [1.54, 1.807) is 42.5 Å². The van der Waals surface area contributed by atoms with Gasteiger partial charge in [-0.1, -0.05) is 24.3 Å². The summed E-state index contributed by atoms with van der Waals surface area (Å²) in [6.07, 6.45) is -1.05. The van der Waals surface area contributed by atoms with Gasteiger partial charge in [0.15, 0.2) is 6.10 Å². The molecule has 0 bridgehead atoms. The number of amides is 2. The molecule has 0 aliphatic heterocycles. The monoisotopic (exact) mass is 384 g/mol. The lowest BCUT2D eigenvalue weighted by Gasteiger charge is -2.18. The maximum absolute atomic E-state index is 12.4. The second-order valence-corrected chi connectivity index (χ2v) is 6.33. The molecule has 7 nitrogen and oxygen atoms in total. The first-order chi connectivity index (χ1) is 13.3. The number of aryl methyl sites for hydroxylation is 1. The van der Waals surface area contributed by atoms with Crippen molar-refractivity contribution in [2.75, 3.05) is 12.4 Å². The van der Waals surface area contributed by atoms with E-state index in [9.17, 15) is 14.4 Å². The molecule has 7 heteroatoms. The molecule has 2 aromatic rings. The summed E-state index contributed by atoms with van der Waals surface area (Å²) >= 11 is 0. The summed E-state index contributed by atoms with van der Waals surface area (Å²) in [5, 5.41) is 5.23. The number of carbonyl (C=O) groups excluding carboxylic acids is 3. The molecule has 2 amide bonds. The fourth-order valence-corrected chi connectivity index (χ4v) is 2.41. The zero-order valence-electron chi connectivity index (χ0n) is 16.3. The Morgan fingerprint density at radius 1 is 1.00 bits per heavy atom. The zero-order chi connectivity index (χ0) is 20.7. The van der Waals surface area contributed by atoms with Crippen LogP contribution in [0.2, 0.25) is 0 Å². The molecule has 0 heterocycles. The van der Waals surface area contributed by atoms with Crippen LogP contribution in [0.5, 0.6) is 5.75 Å². The first kappa shape index (κ1) is 21.0. The van der Waals surface area contributed by atoms with Crippen LogP contribution in [0.25, 0.3) is 0 Å². The van der Waals surface area contributed by atoms with Gasteiger partial charge in [0.25, 0.3) is 11.8 Å². The molecule has 0 aliphatic carbocycles. The topological polar surface area (TPSA) is 93.7 Å². The van der Waals surface area contributed by atoms with E-state index in [4.69, 9.17) is 9.47 Å². The third-order valence-corrected chi connectivity index (χ3v) is 4.01. The highest BCUT2D eigenvalue weighted by Crippen LogP contribution is 2.25. The third kappa shape index (κ3) is 5.57. The normalized spacial score (nSPS) is 12.4. The first-order valence-corrected chi connectivity index (χ1v) is 8.83. The predicted octanol–water partition coefficient (Wildman–Crippen LogP) is 2.69. The largest absolute Gasteiger partial charge is 0.495 e. The predicted molar refractivity (Wildman–Crippen MR) is 105 cm³/mol. The van der Waals surface area contributed by atoms with E-state index in [1.807, 2.05) is 13.0 Å². The minimum absolute atomic E-state index is 0.397. The second kappa shape index (κ2) is 9.55. The molecule has 2 atom stereocenters. The molecule has 0 spiro atoms. The summed E-state index contributed by atoms with van der Waals surface area (Å²) in [6.45, 7) is 4.84. The Kier molecular flexibility index (Phi) is 7.14. The Bertz CT molecular complexity index is 851. The lowest BCUT2D eigenvalue weighted by molar-refractivity contribution is -0.154. The van der Waals surface area contributed by atoms with Crippen LogP contribution in [0.1, 0.15) is 29.8 Å². The number of ether oxygens (including phenoxy) is 2. The highest BCUT2D eigenvalue weighted by Gasteiger charge is 2.24. The van der Waals surface area contributed by atoms with Crippen LogP contribution in [0, 0.1) is 6.92 Å². The molecule has 0 aliphatic rings. The van der Waals surface area contributed by atoms with Gasteiger partial charge in [0.1, 0.15) is 11.8 Å². The van der Waals surface area contributed by atoms with Crippen molar-refractivity contribution in [2.24, 2.45) is 0 Å². The van der Waals surface area contributed by atoms with Crippen LogP contribution in [0.3, 0.4) is 0 Å².